The molecule has 108 valence electrons. The lowest BCUT2D eigenvalue weighted by Crippen LogP contribution is -2.22. The number of anilines is 1. The molecule has 0 saturated carbocycles. The maximum absolute atomic E-state index is 12.2. The van der Waals surface area contributed by atoms with Crippen LogP contribution in [0, 0.1) is 0 Å². The molecule has 0 spiro atoms. The molecule has 0 aliphatic rings. The van der Waals surface area contributed by atoms with Gasteiger partial charge in [-0.1, -0.05) is 18.2 Å². The normalized spacial score (nSPS) is 12.0. The maximum Gasteiger partial charge on any atom is 0.246 e. The van der Waals surface area contributed by atoms with Gasteiger partial charge in [-0.3, -0.25) is 0 Å². The second kappa shape index (κ2) is 5.30. The van der Waals surface area contributed by atoms with Crippen molar-refractivity contribution in [1.29, 1.82) is 0 Å². The van der Waals surface area contributed by atoms with Gasteiger partial charge >= 0.3 is 0 Å². The van der Waals surface area contributed by atoms with E-state index < -0.39 is 10.0 Å². The molecule has 0 bridgehead atoms. The number of phenols is 1. The van der Waals surface area contributed by atoms with Gasteiger partial charge < -0.3 is 10.4 Å². The highest BCUT2D eigenvalue weighted by Gasteiger charge is 2.23. The van der Waals surface area contributed by atoms with E-state index in [9.17, 15) is 13.5 Å². The molecule has 2 rings (SSSR count). The quantitative estimate of drug-likeness (QED) is 0.907. The number of aromatic hydroxyl groups is 1. The van der Waals surface area contributed by atoms with Crippen LogP contribution in [0.15, 0.2) is 35.2 Å². The lowest BCUT2D eigenvalue weighted by molar-refractivity contribution is 0.458. The van der Waals surface area contributed by atoms with Crippen molar-refractivity contribution in [3.05, 3.63) is 30.3 Å². The monoisotopic (exact) mass is 294 g/mol. The summed E-state index contributed by atoms with van der Waals surface area (Å²) in [7, 11) is -0.784. The number of nitrogens with one attached hydrogen (secondary N) is 1. The van der Waals surface area contributed by atoms with Gasteiger partial charge in [-0.05, 0) is 19.1 Å². The SMILES string of the molecule is CCNc1cccc2c(O)c(S(=O)(=O)N(C)C)ccc12. The van der Waals surface area contributed by atoms with Gasteiger partial charge in [0, 0.05) is 37.1 Å². The lowest BCUT2D eigenvalue weighted by Gasteiger charge is -2.15. The Balaban J connectivity index is 2.73. The number of fused-ring (bicyclic) bond motifs is 1. The fourth-order valence-electron chi connectivity index (χ4n) is 2.07. The van der Waals surface area contributed by atoms with Crippen LogP contribution in [-0.4, -0.2) is 38.5 Å². The molecule has 6 heteroatoms. The molecular weight excluding hydrogens is 276 g/mol. The molecule has 0 aliphatic carbocycles. The molecule has 0 atom stereocenters. The molecule has 0 aromatic heterocycles. The minimum Gasteiger partial charge on any atom is -0.506 e. The summed E-state index contributed by atoms with van der Waals surface area (Å²) in [6.07, 6.45) is 0. The summed E-state index contributed by atoms with van der Waals surface area (Å²) in [5.41, 5.74) is 0.870. The Kier molecular flexibility index (Phi) is 3.87. The highest BCUT2D eigenvalue weighted by Crippen LogP contribution is 2.35. The largest absolute Gasteiger partial charge is 0.506 e. The van der Waals surface area contributed by atoms with E-state index in [1.807, 2.05) is 13.0 Å². The van der Waals surface area contributed by atoms with Gasteiger partial charge in [0.05, 0.1) is 0 Å². The topological polar surface area (TPSA) is 69.6 Å². The highest BCUT2D eigenvalue weighted by atomic mass is 32.2. The van der Waals surface area contributed by atoms with Crippen LogP contribution in [0.2, 0.25) is 0 Å². The van der Waals surface area contributed by atoms with Gasteiger partial charge in [-0.25, -0.2) is 12.7 Å². The molecule has 0 heterocycles. The van der Waals surface area contributed by atoms with E-state index in [0.29, 0.717) is 5.39 Å². The third kappa shape index (κ3) is 2.32. The first-order chi connectivity index (χ1) is 9.39. The molecule has 0 fully saturated rings. The van der Waals surface area contributed by atoms with Crippen molar-refractivity contribution in [3.8, 4) is 5.75 Å². The Morgan fingerprint density at radius 1 is 1.15 bits per heavy atom. The zero-order valence-corrected chi connectivity index (χ0v) is 12.5. The van der Waals surface area contributed by atoms with E-state index in [-0.39, 0.29) is 10.6 Å². The first kappa shape index (κ1) is 14.6. The molecular formula is C14H18N2O3S. The van der Waals surface area contributed by atoms with Crippen molar-refractivity contribution in [3.63, 3.8) is 0 Å². The number of nitrogens with zero attached hydrogens (tertiary/aromatic N) is 1. The fourth-order valence-corrected chi connectivity index (χ4v) is 3.06. The number of phenolic OH excluding ortho intramolecular Hbond substituents is 1. The molecule has 0 aliphatic heterocycles. The molecule has 2 aromatic rings. The van der Waals surface area contributed by atoms with Crippen LogP contribution in [0.1, 0.15) is 6.92 Å². The van der Waals surface area contributed by atoms with Crippen LogP contribution in [0.25, 0.3) is 10.8 Å². The molecule has 2 aromatic carbocycles. The fraction of sp³-hybridized carbons (Fsp3) is 0.286. The van der Waals surface area contributed by atoms with E-state index in [4.69, 9.17) is 0 Å². The first-order valence-corrected chi connectivity index (χ1v) is 7.74. The Morgan fingerprint density at radius 3 is 2.45 bits per heavy atom. The van der Waals surface area contributed by atoms with Crippen LogP contribution in [-0.2, 0) is 10.0 Å². The molecule has 5 nitrogen and oxygen atoms in total. The number of benzene rings is 2. The zero-order valence-electron chi connectivity index (χ0n) is 11.7. The molecule has 0 unspecified atom stereocenters. The number of sulfonamides is 1. The third-order valence-electron chi connectivity index (χ3n) is 3.12. The summed E-state index contributed by atoms with van der Waals surface area (Å²) in [5, 5.41) is 14.8. The second-order valence-corrected chi connectivity index (χ2v) is 6.75. The van der Waals surface area contributed by atoms with Crippen LogP contribution < -0.4 is 5.32 Å². The van der Waals surface area contributed by atoms with Crippen LogP contribution in [0.4, 0.5) is 5.69 Å². The minimum atomic E-state index is -3.66. The van der Waals surface area contributed by atoms with Crippen molar-refractivity contribution in [2.45, 2.75) is 11.8 Å². The molecule has 20 heavy (non-hydrogen) atoms. The van der Waals surface area contributed by atoms with Gasteiger partial charge in [0.15, 0.2) is 0 Å². The summed E-state index contributed by atoms with van der Waals surface area (Å²) < 4.78 is 25.4. The van der Waals surface area contributed by atoms with Gasteiger partial charge in [-0.2, -0.15) is 0 Å². The number of rotatable bonds is 4. The summed E-state index contributed by atoms with van der Waals surface area (Å²) >= 11 is 0. The van der Waals surface area contributed by atoms with E-state index in [1.165, 1.54) is 20.2 Å². The van der Waals surface area contributed by atoms with Crippen molar-refractivity contribution < 1.29 is 13.5 Å². The molecule has 0 radical (unpaired) electrons. The lowest BCUT2D eigenvalue weighted by atomic mass is 10.1. The predicted octanol–water partition coefficient (Wildman–Crippen LogP) is 2.23. The Hall–Kier alpha value is -1.79. The average molecular weight is 294 g/mol. The van der Waals surface area contributed by atoms with Crippen molar-refractivity contribution >= 4 is 26.5 Å². The summed E-state index contributed by atoms with van der Waals surface area (Å²) in [4.78, 5) is -0.0800. The van der Waals surface area contributed by atoms with E-state index in [2.05, 4.69) is 5.32 Å². The summed E-state index contributed by atoms with van der Waals surface area (Å²) in [5.74, 6) is -0.212. The maximum atomic E-state index is 12.2. The summed E-state index contributed by atoms with van der Waals surface area (Å²) in [6.45, 7) is 2.72. The Morgan fingerprint density at radius 2 is 1.85 bits per heavy atom. The van der Waals surface area contributed by atoms with Crippen molar-refractivity contribution in [2.24, 2.45) is 0 Å². The van der Waals surface area contributed by atoms with Gasteiger partial charge in [0.25, 0.3) is 0 Å². The smallest absolute Gasteiger partial charge is 0.246 e. The molecule has 0 amide bonds. The second-order valence-electron chi connectivity index (χ2n) is 4.63. The summed E-state index contributed by atoms with van der Waals surface area (Å²) in [6, 6.07) is 8.54. The zero-order chi connectivity index (χ0) is 14.9. The van der Waals surface area contributed by atoms with E-state index in [0.717, 1.165) is 21.9 Å². The number of hydrogen-bond donors (Lipinski definition) is 2. The van der Waals surface area contributed by atoms with Gasteiger partial charge in [-0.15, -0.1) is 0 Å². The third-order valence-corrected chi connectivity index (χ3v) is 4.97. The van der Waals surface area contributed by atoms with Crippen molar-refractivity contribution in [1.82, 2.24) is 4.31 Å². The number of hydrogen-bond acceptors (Lipinski definition) is 4. The Labute approximate surface area is 118 Å². The van der Waals surface area contributed by atoms with Crippen LogP contribution >= 0.6 is 0 Å². The van der Waals surface area contributed by atoms with Gasteiger partial charge in [0.2, 0.25) is 10.0 Å². The van der Waals surface area contributed by atoms with E-state index in [1.54, 1.807) is 18.2 Å². The first-order valence-electron chi connectivity index (χ1n) is 6.30. The minimum absolute atomic E-state index is 0.0800. The van der Waals surface area contributed by atoms with Crippen LogP contribution in [0.3, 0.4) is 0 Å². The standard InChI is InChI=1S/C14H18N2O3S/c1-4-15-12-7-5-6-11-10(12)8-9-13(14(11)17)20(18,19)16(2)3/h5-9,15,17H,4H2,1-3H3. The van der Waals surface area contributed by atoms with E-state index >= 15 is 0 Å². The highest BCUT2D eigenvalue weighted by molar-refractivity contribution is 7.89. The predicted molar refractivity (Wildman–Crippen MR) is 80.6 cm³/mol. The van der Waals surface area contributed by atoms with Crippen LogP contribution in [0.5, 0.6) is 5.75 Å². The molecule has 0 saturated heterocycles. The molecule has 2 N–H and O–H groups in total. The Bertz CT molecular complexity index is 739. The average Bonchev–Trinajstić information content (AvgIpc) is 2.40. The van der Waals surface area contributed by atoms with Crippen molar-refractivity contribution in [2.75, 3.05) is 26.0 Å². The van der Waals surface area contributed by atoms with Gasteiger partial charge in [0.1, 0.15) is 10.6 Å².